The minimum Gasteiger partial charge on any atom is -0.481 e. The quantitative estimate of drug-likeness (QED) is 0.696. The molecule has 0 fully saturated rings. The van der Waals surface area contributed by atoms with Crippen LogP contribution in [0.2, 0.25) is 0 Å². The van der Waals surface area contributed by atoms with Crippen molar-refractivity contribution < 1.29 is 9.90 Å². The van der Waals surface area contributed by atoms with Crippen LogP contribution < -0.4 is 0 Å². The third-order valence-electron chi connectivity index (χ3n) is 5.10. The molecule has 0 radical (unpaired) electrons. The fraction of sp³-hybridized carbons (Fsp3) is 0.650. The summed E-state index contributed by atoms with van der Waals surface area (Å²) in [5.74, 6) is 1.10. The zero-order valence-corrected chi connectivity index (χ0v) is 14.1. The predicted molar refractivity (Wildman–Crippen MR) is 91.2 cm³/mol. The van der Waals surface area contributed by atoms with Crippen LogP contribution in [-0.2, 0) is 11.2 Å². The Balaban J connectivity index is 1.76. The van der Waals surface area contributed by atoms with Crippen LogP contribution in [0.1, 0.15) is 75.8 Å². The maximum Gasteiger partial charge on any atom is 0.303 e. The summed E-state index contributed by atoms with van der Waals surface area (Å²) in [5, 5.41) is 8.80. The SMILES string of the molecule is CC(CCCC(C)CC1CCCc2ccccc21)CC(=O)O. The lowest BCUT2D eigenvalue weighted by Gasteiger charge is -2.28. The summed E-state index contributed by atoms with van der Waals surface area (Å²) >= 11 is 0. The van der Waals surface area contributed by atoms with Gasteiger partial charge in [0.1, 0.15) is 0 Å². The summed E-state index contributed by atoms with van der Waals surface area (Å²) in [6.07, 6.45) is 8.91. The first-order valence-corrected chi connectivity index (χ1v) is 8.86. The van der Waals surface area contributed by atoms with Gasteiger partial charge in [-0.05, 0) is 54.6 Å². The number of carboxylic acids is 1. The minimum absolute atomic E-state index is 0.306. The van der Waals surface area contributed by atoms with Crippen LogP contribution in [0.3, 0.4) is 0 Å². The fourth-order valence-corrected chi connectivity index (χ4v) is 3.92. The molecule has 0 aromatic heterocycles. The number of carbonyl (C=O) groups is 1. The molecule has 0 amide bonds. The van der Waals surface area contributed by atoms with Crippen molar-refractivity contribution in [1.82, 2.24) is 0 Å². The molecule has 0 saturated heterocycles. The third kappa shape index (κ3) is 5.15. The lowest BCUT2D eigenvalue weighted by atomic mass is 9.77. The molecule has 2 rings (SSSR count). The number of fused-ring (bicyclic) bond motifs is 1. The Kier molecular flexibility index (Phi) is 6.48. The molecular weight excluding hydrogens is 272 g/mol. The van der Waals surface area contributed by atoms with Gasteiger partial charge in [-0.3, -0.25) is 4.79 Å². The molecule has 2 heteroatoms. The maximum atomic E-state index is 10.7. The molecule has 0 heterocycles. The van der Waals surface area contributed by atoms with Gasteiger partial charge in [-0.2, -0.15) is 0 Å². The molecule has 0 aliphatic heterocycles. The highest BCUT2D eigenvalue weighted by Gasteiger charge is 2.21. The van der Waals surface area contributed by atoms with Crippen molar-refractivity contribution in [3.05, 3.63) is 35.4 Å². The van der Waals surface area contributed by atoms with E-state index in [-0.39, 0.29) is 0 Å². The van der Waals surface area contributed by atoms with E-state index in [9.17, 15) is 4.79 Å². The first-order valence-electron chi connectivity index (χ1n) is 8.86. The fourth-order valence-electron chi connectivity index (χ4n) is 3.92. The largest absolute Gasteiger partial charge is 0.481 e. The average molecular weight is 302 g/mol. The highest BCUT2D eigenvalue weighted by Crippen LogP contribution is 2.36. The van der Waals surface area contributed by atoms with Gasteiger partial charge < -0.3 is 5.11 Å². The van der Waals surface area contributed by atoms with Crippen molar-refractivity contribution in [2.45, 2.75) is 71.1 Å². The van der Waals surface area contributed by atoms with Gasteiger partial charge in [0.2, 0.25) is 0 Å². The second kappa shape index (κ2) is 8.36. The van der Waals surface area contributed by atoms with E-state index in [4.69, 9.17) is 5.11 Å². The standard InChI is InChI=1S/C20H30O2/c1-15(7-5-8-16(2)14-20(21)22)13-18-11-6-10-17-9-3-4-12-19(17)18/h3-4,9,12,15-16,18H,5-8,10-11,13-14H2,1-2H3,(H,21,22). The van der Waals surface area contributed by atoms with Crippen molar-refractivity contribution in [3.8, 4) is 0 Å². The summed E-state index contributed by atoms with van der Waals surface area (Å²) in [4.78, 5) is 10.7. The molecule has 2 nitrogen and oxygen atoms in total. The van der Waals surface area contributed by atoms with Crippen molar-refractivity contribution in [1.29, 1.82) is 0 Å². The first kappa shape index (κ1) is 17.1. The normalized spacial score (nSPS) is 20.2. The van der Waals surface area contributed by atoms with Crippen molar-refractivity contribution in [2.75, 3.05) is 0 Å². The zero-order chi connectivity index (χ0) is 15.9. The van der Waals surface area contributed by atoms with Crippen LogP contribution in [-0.4, -0.2) is 11.1 Å². The Morgan fingerprint density at radius 2 is 1.95 bits per heavy atom. The molecule has 3 unspecified atom stereocenters. The van der Waals surface area contributed by atoms with E-state index in [1.807, 2.05) is 0 Å². The maximum absolute atomic E-state index is 10.7. The van der Waals surface area contributed by atoms with Crippen LogP contribution >= 0.6 is 0 Å². The topological polar surface area (TPSA) is 37.3 Å². The average Bonchev–Trinajstić information content (AvgIpc) is 2.47. The molecule has 0 spiro atoms. The second-order valence-electron chi connectivity index (χ2n) is 7.26. The van der Waals surface area contributed by atoms with Crippen LogP contribution in [0, 0.1) is 11.8 Å². The van der Waals surface area contributed by atoms with Gasteiger partial charge in [0, 0.05) is 6.42 Å². The van der Waals surface area contributed by atoms with Gasteiger partial charge in [0.15, 0.2) is 0 Å². The Hall–Kier alpha value is -1.31. The number of aliphatic carboxylic acids is 1. The molecular formula is C20H30O2. The zero-order valence-electron chi connectivity index (χ0n) is 14.1. The molecule has 122 valence electrons. The summed E-state index contributed by atoms with van der Waals surface area (Å²) in [7, 11) is 0. The number of hydrogen-bond acceptors (Lipinski definition) is 1. The van der Waals surface area contributed by atoms with Gasteiger partial charge in [-0.25, -0.2) is 0 Å². The number of rotatable bonds is 8. The van der Waals surface area contributed by atoms with Crippen LogP contribution in [0.5, 0.6) is 0 Å². The van der Waals surface area contributed by atoms with Crippen molar-refractivity contribution in [3.63, 3.8) is 0 Å². The summed E-state index contributed by atoms with van der Waals surface area (Å²) in [6.45, 7) is 4.41. The molecule has 3 atom stereocenters. The summed E-state index contributed by atoms with van der Waals surface area (Å²) in [6, 6.07) is 8.95. The van der Waals surface area contributed by atoms with Gasteiger partial charge in [-0.1, -0.05) is 57.4 Å². The van der Waals surface area contributed by atoms with E-state index in [1.165, 1.54) is 32.1 Å². The van der Waals surface area contributed by atoms with Crippen molar-refractivity contribution >= 4 is 5.97 Å². The van der Waals surface area contributed by atoms with E-state index < -0.39 is 5.97 Å². The highest BCUT2D eigenvalue weighted by molar-refractivity contribution is 5.66. The smallest absolute Gasteiger partial charge is 0.303 e. The predicted octanol–water partition coefficient (Wildman–Crippen LogP) is 5.41. The van der Waals surface area contributed by atoms with Crippen LogP contribution in [0.25, 0.3) is 0 Å². The molecule has 1 aromatic carbocycles. The lowest BCUT2D eigenvalue weighted by molar-refractivity contribution is -0.138. The first-order chi connectivity index (χ1) is 10.6. The van der Waals surface area contributed by atoms with Crippen LogP contribution in [0.15, 0.2) is 24.3 Å². The Labute approximate surface area is 134 Å². The van der Waals surface area contributed by atoms with E-state index in [0.29, 0.717) is 12.3 Å². The Morgan fingerprint density at radius 3 is 2.73 bits per heavy atom. The van der Waals surface area contributed by atoms with Gasteiger partial charge in [-0.15, -0.1) is 0 Å². The molecule has 1 aliphatic rings. The van der Waals surface area contributed by atoms with E-state index in [1.54, 1.807) is 11.1 Å². The Bertz CT molecular complexity index is 480. The van der Waals surface area contributed by atoms with Gasteiger partial charge >= 0.3 is 5.97 Å². The number of carboxylic acid groups (broad SMARTS) is 1. The molecule has 1 aromatic rings. The number of benzene rings is 1. The molecule has 1 aliphatic carbocycles. The second-order valence-corrected chi connectivity index (χ2v) is 7.26. The van der Waals surface area contributed by atoms with E-state index >= 15 is 0 Å². The minimum atomic E-state index is -0.667. The highest BCUT2D eigenvalue weighted by atomic mass is 16.4. The van der Waals surface area contributed by atoms with Gasteiger partial charge in [0.25, 0.3) is 0 Å². The summed E-state index contributed by atoms with van der Waals surface area (Å²) in [5.41, 5.74) is 3.14. The van der Waals surface area contributed by atoms with Crippen LogP contribution in [0.4, 0.5) is 0 Å². The summed E-state index contributed by atoms with van der Waals surface area (Å²) < 4.78 is 0. The molecule has 1 N–H and O–H groups in total. The van der Waals surface area contributed by atoms with Gasteiger partial charge in [0.05, 0.1) is 0 Å². The Morgan fingerprint density at radius 1 is 1.23 bits per heavy atom. The molecule has 0 saturated carbocycles. The third-order valence-corrected chi connectivity index (χ3v) is 5.10. The van der Waals surface area contributed by atoms with Crippen molar-refractivity contribution in [2.24, 2.45) is 11.8 Å². The number of hydrogen-bond donors (Lipinski definition) is 1. The van der Waals surface area contributed by atoms with E-state index in [2.05, 4.69) is 38.1 Å². The molecule has 22 heavy (non-hydrogen) atoms. The molecule has 0 bridgehead atoms. The van der Waals surface area contributed by atoms with E-state index in [0.717, 1.165) is 24.7 Å². The number of aryl methyl sites for hydroxylation is 1. The lowest BCUT2D eigenvalue weighted by Crippen LogP contribution is -2.13. The monoisotopic (exact) mass is 302 g/mol.